The third-order valence-electron chi connectivity index (χ3n) is 5.23. The Kier molecular flexibility index (Phi) is 3.84. The van der Waals surface area contributed by atoms with Gasteiger partial charge in [-0.25, -0.2) is 0 Å². The van der Waals surface area contributed by atoms with E-state index in [2.05, 4.69) is 29.1 Å². The number of fused-ring (bicyclic) bond motifs is 3. The molecular weight excluding hydrogens is 302 g/mol. The van der Waals surface area contributed by atoms with Gasteiger partial charge in [0.15, 0.2) is 0 Å². The maximum atomic E-state index is 12.5. The maximum Gasteiger partial charge on any atom is 0.245 e. The van der Waals surface area contributed by atoms with E-state index in [4.69, 9.17) is 5.21 Å². The van der Waals surface area contributed by atoms with Gasteiger partial charge < -0.3 is 10.4 Å². The SMILES string of the molecule is CCN1CCc2c(c(-c3ccccc3)cc3c2CC(=NO)[NH+]3[O-])C1. The lowest BCUT2D eigenvalue weighted by Gasteiger charge is -2.31. The van der Waals surface area contributed by atoms with Crippen LogP contribution in [0.15, 0.2) is 41.6 Å². The van der Waals surface area contributed by atoms with Crippen molar-refractivity contribution in [3.8, 4) is 11.1 Å². The number of hydroxylamine groups is 1. The van der Waals surface area contributed by atoms with Gasteiger partial charge in [-0.15, -0.1) is 0 Å². The van der Waals surface area contributed by atoms with Crippen molar-refractivity contribution < 1.29 is 10.3 Å². The van der Waals surface area contributed by atoms with E-state index in [0.29, 0.717) is 12.1 Å². The summed E-state index contributed by atoms with van der Waals surface area (Å²) in [5.41, 5.74) is 6.65. The number of oxime groups is 1. The van der Waals surface area contributed by atoms with Gasteiger partial charge in [0.25, 0.3) is 0 Å². The van der Waals surface area contributed by atoms with Crippen molar-refractivity contribution in [2.45, 2.75) is 26.3 Å². The third-order valence-corrected chi connectivity index (χ3v) is 5.23. The second-order valence-electron chi connectivity index (χ2n) is 6.44. The lowest BCUT2D eigenvalue weighted by molar-refractivity contribution is -0.665. The number of quaternary nitrogens is 1. The van der Waals surface area contributed by atoms with E-state index < -0.39 is 0 Å². The number of nitrogens with zero attached hydrogens (tertiary/aromatic N) is 2. The quantitative estimate of drug-likeness (QED) is 0.505. The van der Waals surface area contributed by atoms with Crippen LogP contribution < -0.4 is 5.06 Å². The van der Waals surface area contributed by atoms with Crippen LogP contribution in [0.3, 0.4) is 0 Å². The fourth-order valence-electron chi connectivity index (χ4n) is 3.91. The molecule has 2 aliphatic heterocycles. The van der Waals surface area contributed by atoms with Crippen molar-refractivity contribution in [3.63, 3.8) is 0 Å². The van der Waals surface area contributed by atoms with Crippen LogP contribution in [0.1, 0.15) is 23.6 Å². The molecule has 2 N–H and O–H groups in total. The van der Waals surface area contributed by atoms with Gasteiger partial charge in [0.2, 0.25) is 5.84 Å². The predicted molar refractivity (Wildman–Crippen MR) is 93.4 cm³/mol. The number of hydrogen-bond donors (Lipinski definition) is 2. The first-order valence-corrected chi connectivity index (χ1v) is 8.44. The van der Waals surface area contributed by atoms with E-state index in [-0.39, 0.29) is 10.9 Å². The minimum Gasteiger partial charge on any atom is -0.622 e. The summed E-state index contributed by atoms with van der Waals surface area (Å²) < 4.78 is 0. The summed E-state index contributed by atoms with van der Waals surface area (Å²) >= 11 is 0. The highest BCUT2D eigenvalue weighted by molar-refractivity contribution is 5.87. The van der Waals surface area contributed by atoms with E-state index in [0.717, 1.165) is 42.7 Å². The smallest absolute Gasteiger partial charge is 0.245 e. The fraction of sp³-hybridized carbons (Fsp3) is 0.316. The largest absolute Gasteiger partial charge is 0.622 e. The first kappa shape index (κ1) is 15.3. The molecule has 4 rings (SSSR count). The van der Waals surface area contributed by atoms with Crippen LogP contribution in [0, 0.1) is 5.21 Å². The molecule has 0 spiro atoms. The first-order valence-electron chi connectivity index (χ1n) is 8.44. The first-order chi connectivity index (χ1) is 11.7. The molecule has 0 aromatic heterocycles. The number of benzene rings is 2. The average Bonchev–Trinajstić information content (AvgIpc) is 2.97. The summed E-state index contributed by atoms with van der Waals surface area (Å²) in [6.07, 6.45) is 1.40. The molecule has 124 valence electrons. The standard InChI is InChI=1S/C19H21N3O2/c1-2-21-9-8-14-16-11-19(20-23)22(24)18(16)10-15(17(14)12-21)13-6-4-3-5-7-13/h3-7,10,22-23H,2,8-9,11-12H2,1H3. The van der Waals surface area contributed by atoms with Crippen LogP contribution in [0.5, 0.6) is 0 Å². The summed E-state index contributed by atoms with van der Waals surface area (Å²) in [4.78, 5) is 2.43. The van der Waals surface area contributed by atoms with Gasteiger partial charge in [0.1, 0.15) is 5.69 Å². The molecule has 0 saturated carbocycles. The Morgan fingerprint density at radius 2 is 2.00 bits per heavy atom. The number of amidine groups is 1. The van der Waals surface area contributed by atoms with Gasteiger partial charge in [0.05, 0.1) is 6.42 Å². The third kappa shape index (κ3) is 2.33. The number of nitrogens with one attached hydrogen (secondary N) is 1. The Morgan fingerprint density at radius 3 is 2.71 bits per heavy atom. The van der Waals surface area contributed by atoms with Gasteiger partial charge >= 0.3 is 0 Å². The molecule has 0 bridgehead atoms. The second-order valence-corrected chi connectivity index (χ2v) is 6.44. The van der Waals surface area contributed by atoms with Crippen molar-refractivity contribution in [2.24, 2.45) is 5.16 Å². The lowest BCUT2D eigenvalue weighted by Crippen LogP contribution is -3.03. The molecule has 0 radical (unpaired) electrons. The predicted octanol–water partition coefficient (Wildman–Crippen LogP) is 2.09. The van der Waals surface area contributed by atoms with Crippen LogP contribution >= 0.6 is 0 Å². The summed E-state index contributed by atoms with van der Waals surface area (Å²) in [6.45, 7) is 5.12. The normalized spacial score (nSPS) is 21.8. The van der Waals surface area contributed by atoms with E-state index in [1.54, 1.807) is 0 Å². The Morgan fingerprint density at radius 1 is 1.21 bits per heavy atom. The van der Waals surface area contributed by atoms with Crippen LogP contribution in [-0.2, 0) is 19.4 Å². The number of hydrogen-bond acceptors (Lipinski definition) is 4. The minimum absolute atomic E-state index is 0.134. The Hall–Kier alpha value is -2.21. The van der Waals surface area contributed by atoms with Crippen molar-refractivity contribution >= 4 is 11.5 Å². The molecule has 0 amide bonds. The van der Waals surface area contributed by atoms with Gasteiger partial charge in [0, 0.05) is 24.7 Å². The minimum atomic E-state index is -0.134. The zero-order chi connectivity index (χ0) is 16.7. The van der Waals surface area contributed by atoms with Crippen LogP contribution in [0.4, 0.5) is 5.69 Å². The van der Waals surface area contributed by atoms with Crippen LogP contribution in [0.25, 0.3) is 11.1 Å². The maximum absolute atomic E-state index is 12.5. The summed E-state index contributed by atoms with van der Waals surface area (Å²) in [5, 5.41) is 24.7. The molecule has 2 aromatic carbocycles. The van der Waals surface area contributed by atoms with E-state index in [1.807, 2.05) is 24.3 Å². The molecule has 5 nitrogen and oxygen atoms in total. The molecule has 2 aliphatic rings. The van der Waals surface area contributed by atoms with Crippen molar-refractivity contribution in [1.29, 1.82) is 0 Å². The van der Waals surface area contributed by atoms with Crippen LogP contribution in [-0.4, -0.2) is 29.0 Å². The molecule has 0 saturated heterocycles. The topological polar surface area (TPSA) is 63.3 Å². The Balaban J connectivity index is 1.93. The summed E-state index contributed by atoms with van der Waals surface area (Å²) in [5.74, 6) is 0.260. The second kappa shape index (κ2) is 6.02. The lowest BCUT2D eigenvalue weighted by atomic mass is 9.86. The summed E-state index contributed by atoms with van der Waals surface area (Å²) in [6, 6.07) is 12.2. The van der Waals surface area contributed by atoms with Gasteiger partial charge in [-0.3, -0.25) is 9.96 Å². The van der Waals surface area contributed by atoms with Crippen LogP contribution in [0.2, 0.25) is 0 Å². The zero-order valence-electron chi connectivity index (χ0n) is 13.7. The molecular formula is C19H21N3O2. The van der Waals surface area contributed by atoms with Gasteiger partial charge in [-0.1, -0.05) is 37.3 Å². The highest BCUT2D eigenvalue weighted by Crippen LogP contribution is 2.37. The molecule has 0 aliphatic carbocycles. The van der Waals surface area contributed by atoms with Crippen molar-refractivity contribution in [3.05, 3.63) is 58.3 Å². The van der Waals surface area contributed by atoms with Gasteiger partial charge in [-0.2, -0.15) is 0 Å². The molecule has 2 heterocycles. The molecule has 1 unspecified atom stereocenters. The van der Waals surface area contributed by atoms with Crippen molar-refractivity contribution in [1.82, 2.24) is 4.90 Å². The fourth-order valence-corrected chi connectivity index (χ4v) is 3.91. The van der Waals surface area contributed by atoms with E-state index in [9.17, 15) is 5.21 Å². The monoisotopic (exact) mass is 323 g/mol. The average molecular weight is 323 g/mol. The highest BCUT2D eigenvalue weighted by atomic mass is 16.5. The zero-order valence-corrected chi connectivity index (χ0v) is 13.7. The van der Waals surface area contributed by atoms with Crippen molar-refractivity contribution in [2.75, 3.05) is 13.1 Å². The highest BCUT2D eigenvalue weighted by Gasteiger charge is 2.34. The summed E-state index contributed by atoms with van der Waals surface area (Å²) in [7, 11) is 0. The molecule has 24 heavy (non-hydrogen) atoms. The number of rotatable bonds is 2. The number of likely N-dealkylation sites (N-methyl/N-ethyl adjacent to an activating group) is 1. The molecule has 5 heteroatoms. The Labute approximate surface area is 141 Å². The molecule has 0 fully saturated rings. The Bertz CT molecular complexity index is 802. The molecule has 2 aromatic rings. The van der Waals surface area contributed by atoms with E-state index >= 15 is 0 Å². The molecule has 1 atom stereocenters. The van der Waals surface area contributed by atoms with E-state index in [1.165, 1.54) is 11.1 Å². The van der Waals surface area contributed by atoms with Gasteiger partial charge in [-0.05, 0) is 40.4 Å².